The van der Waals surface area contributed by atoms with Gasteiger partial charge in [0, 0.05) is 35.0 Å². The molecule has 1 atom stereocenters. The molecule has 1 aromatic heterocycles. The maximum atomic E-state index is 12.7. The molecule has 0 amide bonds. The van der Waals surface area contributed by atoms with Crippen molar-refractivity contribution in [1.29, 1.82) is 5.26 Å². The molecule has 0 unspecified atom stereocenters. The van der Waals surface area contributed by atoms with E-state index in [1.165, 1.54) is 11.3 Å². The van der Waals surface area contributed by atoms with Crippen LogP contribution in [0.15, 0.2) is 34.1 Å². The minimum atomic E-state index is -0.296. The summed E-state index contributed by atoms with van der Waals surface area (Å²) in [5, 5.41) is 15.5. The summed E-state index contributed by atoms with van der Waals surface area (Å²) in [5.41, 5.74) is 3.11. The van der Waals surface area contributed by atoms with E-state index in [2.05, 4.69) is 30.2 Å². The molecule has 2 aliphatic rings. The van der Waals surface area contributed by atoms with Crippen LogP contribution >= 0.6 is 11.3 Å². The van der Waals surface area contributed by atoms with Gasteiger partial charge >= 0.3 is 0 Å². The number of Topliss-reactive ketones (excluding diaryl/α,β-unsaturated/α-hetero) is 1. The van der Waals surface area contributed by atoms with Crippen LogP contribution in [0.1, 0.15) is 44.5 Å². The lowest BCUT2D eigenvalue weighted by Gasteiger charge is -2.38. The normalized spacial score (nSPS) is 24.5. The Bertz CT molecular complexity index is 704. The van der Waals surface area contributed by atoms with Gasteiger partial charge < -0.3 is 5.32 Å². The van der Waals surface area contributed by atoms with Gasteiger partial charge in [0.15, 0.2) is 5.78 Å². The lowest BCUT2D eigenvalue weighted by molar-refractivity contribution is -0.118. The summed E-state index contributed by atoms with van der Waals surface area (Å²) < 4.78 is 0. The number of carbonyl (C=O) groups is 1. The average Bonchev–Trinajstić information content (AvgIpc) is 2.88. The Morgan fingerprint density at radius 1 is 1.48 bits per heavy atom. The summed E-state index contributed by atoms with van der Waals surface area (Å²) in [4.78, 5) is 17.0. The number of hydrogen-bond acceptors (Lipinski definition) is 5. The Hall–Kier alpha value is -1.93. The summed E-state index contributed by atoms with van der Waals surface area (Å²) in [5.74, 6) is -0.163. The molecule has 1 aliphatic heterocycles. The molecule has 0 bridgehead atoms. The molecule has 0 spiro atoms. The smallest absolute Gasteiger partial charge is 0.162 e. The highest BCUT2D eigenvalue weighted by Gasteiger charge is 2.41. The van der Waals surface area contributed by atoms with Crippen molar-refractivity contribution in [3.05, 3.63) is 39.1 Å². The first-order chi connectivity index (χ1) is 9.93. The van der Waals surface area contributed by atoms with Crippen molar-refractivity contribution in [3.8, 4) is 6.07 Å². The van der Waals surface area contributed by atoms with Gasteiger partial charge in [-0.3, -0.25) is 4.79 Å². The summed E-state index contributed by atoms with van der Waals surface area (Å²) in [6.07, 6.45) is 3.07. The van der Waals surface area contributed by atoms with Crippen molar-refractivity contribution in [2.24, 2.45) is 5.41 Å². The topological polar surface area (TPSA) is 65.8 Å². The van der Waals surface area contributed by atoms with Gasteiger partial charge in [0.05, 0.1) is 17.6 Å². The molecule has 0 radical (unpaired) electrons. The van der Waals surface area contributed by atoms with Gasteiger partial charge in [-0.1, -0.05) is 13.8 Å². The summed E-state index contributed by atoms with van der Waals surface area (Å²) in [6, 6.07) is 2.26. The molecule has 0 aromatic carbocycles. The molecule has 0 saturated heterocycles. The van der Waals surface area contributed by atoms with E-state index in [0.717, 1.165) is 28.4 Å². The van der Waals surface area contributed by atoms with Gasteiger partial charge in [0.2, 0.25) is 0 Å². The number of rotatable bonds is 1. The fraction of sp³-hybridized carbons (Fsp3) is 0.438. The van der Waals surface area contributed by atoms with E-state index in [9.17, 15) is 10.1 Å². The zero-order chi connectivity index (χ0) is 15.2. The van der Waals surface area contributed by atoms with Crippen LogP contribution in [0, 0.1) is 16.7 Å². The van der Waals surface area contributed by atoms with Crippen molar-refractivity contribution in [2.75, 3.05) is 0 Å². The lowest BCUT2D eigenvalue weighted by Crippen LogP contribution is -2.36. The first-order valence-electron chi connectivity index (χ1n) is 6.96. The van der Waals surface area contributed by atoms with Crippen LogP contribution in [0.25, 0.3) is 0 Å². The third kappa shape index (κ3) is 2.30. The summed E-state index contributed by atoms with van der Waals surface area (Å²) in [6.45, 7) is 6.11. The number of nitrogens with zero attached hydrogens (tertiary/aromatic N) is 2. The second-order valence-corrected chi connectivity index (χ2v) is 7.34. The monoisotopic (exact) mass is 299 g/mol. The minimum Gasteiger partial charge on any atom is -0.361 e. The predicted molar refractivity (Wildman–Crippen MR) is 81.4 cm³/mol. The number of hydrogen-bond donors (Lipinski definition) is 1. The van der Waals surface area contributed by atoms with Crippen LogP contribution in [0.5, 0.6) is 0 Å². The van der Waals surface area contributed by atoms with Gasteiger partial charge in [-0.2, -0.15) is 5.26 Å². The number of carbonyl (C=O) groups excluding carboxylic acids is 1. The van der Waals surface area contributed by atoms with Gasteiger partial charge in [0.1, 0.15) is 5.01 Å². The van der Waals surface area contributed by atoms with Crippen LogP contribution in [-0.2, 0) is 4.79 Å². The highest BCUT2D eigenvalue weighted by Crippen LogP contribution is 2.46. The van der Waals surface area contributed by atoms with Crippen LogP contribution in [0.2, 0.25) is 0 Å². The number of aromatic nitrogens is 1. The predicted octanol–water partition coefficient (Wildman–Crippen LogP) is 3.27. The summed E-state index contributed by atoms with van der Waals surface area (Å²) in [7, 11) is 0. The van der Waals surface area contributed by atoms with Gasteiger partial charge in [0.25, 0.3) is 0 Å². The van der Waals surface area contributed by atoms with Gasteiger partial charge in [-0.15, -0.1) is 11.3 Å². The Balaban J connectivity index is 2.17. The molecule has 1 aromatic rings. The fourth-order valence-corrected chi connectivity index (χ4v) is 3.96. The molecule has 1 N–H and O–H groups in total. The van der Waals surface area contributed by atoms with Crippen molar-refractivity contribution < 1.29 is 4.79 Å². The Morgan fingerprint density at radius 2 is 2.24 bits per heavy atom. The molecule has 5 heteroatoms. The van der Waals surface area contributed by atoms with Crippen LogP contribution in [0.3, 0.4) is 0 Å². The van der Waals surface area contributed by atoms with Crippen molar-refractivity contribution >= 4 is 17.1 Å². The first-order valence-corrected chi connectivity index (χ1v) is 7.84. The van der Waals surface area contributed by atoms with Crippen molar-refractivity contribution in [3.63, 3.8) is 0 Å². The number of thiazole rings is 1. The number of nitriles is 1. The van der Waals surface area contributed by atoms with Gasteiger partial charge in [-0.25, -0.2) is 4.98 Å². The molecule has 108 valence electrons. The summed E-state index contributed by atoms with van der Waals surface area (Å²) >= 11 is 1.50. The van der Waals surface area contributed by atoms with Crippen molar-refractivity contribution in [2.45, 2.75) is 39.5 Å². The molecule has 4 nitrogen and oxygen atoms in total. The maximum absolute atomic E-state index is 12.7. The maximum Gasteiger partial charge on any atom is 0.162 e. The first kappa shape index (κ1) is 14.0. The lowest BCUT2D eigenvalue weighted by atomic mass is 9.70. The van der Waals surface area contributed by atoms with Crippen LogP contribution in [-0.4, -0.2) is 10.8 Å². The second-order valence-electron chi connectivity index (χ2n) is 6.41. The number of allylic oxidation sites excluding steroid dienone is 4. The van der Waals surface area contributed by atoms with E-state index in [1.54, 1.807) is 6.20 Å². The van der Waals surface area contributed by atoms with Crippen molar-refractivity contribution in [1.82, 2.24) is 10.3 Å². The Kier molecular flexibility index (Phi) is 3.22. The average molecular weight is 299 g/mol. The number of nitrogens with one attached hydrogen (secondary N) is 1. The van der Waals surface area contributed by atoms with E-state index >= 15 is 0 Å². The zero-order valence-corrected chi connectivity index (χ0v) is 13.2. The molecule has 1 aliphatic carbocycles. The zero-order valence-electron chi connectivity index (χ0n) is 12.4. The van der Waals surface area contributed by atoms with E-state index in [-0.39, 0.29) is 17.1 Å². The Labute approximate surface area is 128 Å². The largest absolute Gasteiger partial charge is 0.361 e. The third-order valence-electron chi connectivity index (χ3n) is 4.06. The highest BCUT2D eigenvalue weighted by molar-refractivity contribution is 7.09. The van der Waals surface area contributed by atoms with E-state index in [0.29, 0.717) is 12.0 Å². The van der Waals surface area contributed by atoms with Crippen LogP contribution < -0.4 is 5.32 Å². The van der Waals surface area contributed by atoms with E-state index < -0.39 is 0 Å². The molecular weight excluding hydrogens is 282 g/mol. The molecule has 3 rings (SSSR count). The number of ketones is 1. The quantitative estimate of drug-likeness (QED) is 0.864. The second kappa shape index (κ2) is 4.81. The third-order valence-corrected chi connectivity index (χ3v) is 4.90. The molecule has 21 heavy (non-hydrogen) atoms. The molecule has 0 fully saturated rings. The SMILES string of the molecule is CC1=C(C#N)[C@H](c2nccs2)C2=C(CC(C)(C)CC2=O)N1. The minimum absolute atomic E-state index is 0.0409. The molecule has 2 heterocycles. The highest BCUT2D eigenvalue weighted by atomic mass is 32.1. The molecule has 0 saturated carbocycles. The van der Waals surface area contributed by atoms with E-state index in [1.807, 2.05) is 12.3 Å². The Morgan fingerprint density at radius 3 is 2.86 bits per heavy atom. The van der Waals surface area contributed by atoms with Crippen LogP contribution in [0.4, 0.5) is 0 Å². The van der Waals surface area contributed by atoms with E-state index in [4.69, 9.17) is 0 Å². The number of dihydropyridines is 1. The van der Waals surface area contributed by atoms with Gasteiger partial charge in [-0.05, 0) is 18.8 Å². The standard InChI is InChI=1S/C16H17N3OS/c1-9-10(8-17)13(15-18-4-5-21-15)14-11(19-9)6-16(2,3)7-12(14)20/h4-5,13,19H,6-7H2,1-3H3/t13-/m0/s1. The molecular formula is C16H17N3OS. The fourth-order valence-electron chi connectivity index (χ4n) is 3.21.